The van der Waals surface area contributed by atoms with Gasteiger partial charge in [0, 0.05) is 6.42 Å². The standard InChI is InChI=1S/C9H16O2/c1-3-9(2,11)7-5-4-6-8-10/h3,8,11H,1,4-7H2,2H3. The summed E-state index contributed by atoms with van der Waals surface area (Å²) in [5.41, 5.74) is -0.761. The molecule has 0 aromatic heterocycles. The first-order chi connectivity index (χ1) is 5.12. The summed E-state index contributed by atoms with van der Waals surface area (Å²) in [6.45, 7) is 5.23. The predicted octanol–water partition coefficient (Wildman–Crippen LogP) is 1.68. The van der Waals surface area contributed by atoms with Gasteiger partial charge in [-0.15, -0.1) is 6.58 Å². The van der Waals surface area contributed by atoms with Crippen LogP contribution in [0.4, 0.5) is 0 Å². The molecule has 0 aliphatic heterocycles. The van der Waals surface area contributed by atoms with Crippen molar-refractivity contribution in [1.29, 1.82) is 0 Å². The van der Waals surface area contributed by atoms with E-state index in [1.54, 1.807) is 6.92 Å². The van der Waals surface area contributed by atoms with Gasteiger partial charge < -0.3 is 9.90 Å². The van der Waals surface area contributed by atoms with E-state index in [4.69, 9.17) is 0 Å². The summed E-state index contributed by atoms with van der Waals surface area (Å²) in [5.74, 6) is 0. The number of hydrogen-bond acceptors (Lipinski definition) is 2. The number of rotatable bonds is 6. The maximum Gasteiger partial charge on any atom is 0.119 e. The minimum atomic E-state index is -0.761. The normalized spacial score (nSPS) is 15.5. The van der Waals surface area contributed by atoms with Crippen molar-refractivity contribution in [3.05, 3.63) is 12.7 Å². The highest BCUT2D eigenvalue weighted by Gasteiger charge is 2.13. The first-order valence-electron chi connectivity index (χ1n) is 3.92. The first-order valence-corrected chi connectivity index (χ1v) is 3.92. The zero-order chi connectivity index (χ0) is 8.74. The van der Waals surface area contributed by atoms with E-state index in [1.165, 1.54) is 6.08 Å². The van der Waals surface area contributed by atoms with Crippen LogP contribution in [0.3, 0.4) is 0 Å². The third-order valence-electron chi connectivity index (χ3n) is 1.69. The Morgan fingerprint density at radius 3 is 2.64 bits per heavy atom. The lowest BCUT2D eigenvalue weighted by atomic mass is 9.99. The van der Waals surface area contributed by atoms with E-state index in [0.29, 0.717) is 12.8 Å². The smallest absolute Gasteiger partial charge is 0.119 e. The SMILES string of the molecule is C=CC(C)(O)CCCCC=O. The van der Waals surface area contributed by atoms with Crippen LogP contribution in [-0.2, 0) is 4.79 Å². The second-order valence-electron chi connectivity index (χ2n) is 2.97. The first kappa shape index (κ1) is 10.4. The van der Waals surface area contributed by atoms with Gasteiger partial charge in [0.05, 0.1) is 5.60 Å². The molecule has 0 saturated heterocycles. The molecule has 1 N–H and O–H groups in total. The number of hydrogen-bond donors (Lipinski definition) is 1. The monoisotopic (exact) mass is 156 g/mol. The van der Waals surface area contributed by atoms with Crippen molar-refractivity contribution in [2.45, 2.75) is 38.2 Å². The topological polar surface area (TPSA) is 37.3 Å². The highest BCUT2D eigenvalue weighted by molar-refractivity contribution is 5.48. The lowest BCUT2D eigenvalue weighted by Gasteiger charge is -2.17. The maximum atomic E-state index is 9.92. The Morgan fingerprint density at radius 2 is 2.18 bits per heavy atom. The summed E-state index contributed by atoms with van der Waals surface area (Å²) >= 11 is 0. The van der Waals surface area contributed by atoms with E-state index < -0.39 is 5.60 Å². The fourth-order valence-electron chi connectivity index (χ4n) is 0.813. The van der Waals surface area contributed by atoms with Crippen molar-refractivity contribution in [2.24, 2.45) is 0 Å². The van der Waals surface area contributed by atoms with Crippen LogP contribution in [0.2, 0.25) is 0 Å². The Hall–Kier alpha value is -0.630. The minimum Gasteiger partial charge on any atom is -0.386 e. The van der Waals surface area contributed by atoms with Gasteiger partial charge in [-0.2, -0.15) is 0 Å². The molecule has 0 aromatic carbocycles. The summed E-state index contributed by atoms with van der Waals surface area (Å²) in [5, 5.41) is 9.42. The predicted molar refractivity (Wildman–Crippen MR) is 45.4 cm³/mol. The molecule has 0 aliphatic carbocycles. The van der Waals surface area contributed by atoms with Crippen molar-refractivity contribution in [2.75, 3.05) is 0 Å². The molecule has 11 heavy (non-hydrogen) atoms. The summed E-state index contributed by atoms with van der Waals surface area (Å²) in [7, 11) is 0. The zero-order valence-corrected chi connectivity index (χ0v) is 7.05. The van der Waals surface area contributed by atoms with Crippen LogP contribution in [0.25, 0.3) is 0 Å². The van der Waals surface area contributed by atoms with Gasteiger partial charge in [-0.3, -0.25) is 0 Å². The highest BCUT2D eigenvalue weighted by atomic mass is 16.3. The van der Waals surface area contributed by atoms with Gasteiger partial charge in [0.15, 0.2) is 0 Å². The van der Waals surface area contributed by atoms with Crippen LogP contribution in [0.1, 0.15) is 32.6 Å². The third-order valence-corrected chi connectivity index (χ3v) is 1.69. The van der Waals surface area contributed by atoms with E-state index in [1.807, 2.05) is 0 Å². The molecule has 0 heterocycles. The van der Waals surface area contributed by atoms with E-state index in [-0.39, 0.29) is 0 Å². The fraction of sp³-hybridized carbons (Fsp3) is 0.667. The maximum absolute atomic E-state index is 9.92. The van der Waals surface area contributed by atoms with Crippen molar-refractivity contribution in [1.82, 2.24) is 0 Å². The average molecular weight is 156 g/mol. The van der Waals surface area contributed by atoms with Crippen molar-refractivity contribution in [3.8, 4) is 0 Å². The average Bonchev–Trinajstić information content (AvgIpc) is 1.99. The van der Waals surface area contributed by atoms with E-state index >= 15 is 0 Å². The van der Waals surface area contributed by atoms with Gasteiger partial charge >= 0.3 is 0 Å². The Balaban J connectivity index is 3.37. The molecule has 0 fully saturated rings. The van der Waals surface area contributed by atoms with E-state index in [0.717, 1.165) is 19.1 Å². The van der Waals surface area contributed by atoms with Gasteiger partial charge in [0.2, 0.25) is 0 Å². The molecule has 1 atom stereocenters. The number of carbonyl (C=O) groups is 1. The molecule has 2 heteroatoms. The van der Waals surface area contributed by atoms with Crippen molar-refractivity contribution in [3.63, 3.8) is 0 Å². The van der Waals surface area contributed by atoms with Gasteiger partial charge in [-0.1, -0.05) is 6.08 Å². The molecule has 0 rings (SSSR count). The molecule has 64 valence electrons. The molecule has 0 radical (unpaired) electrons. The molecule has 0 bridgehead atoms. The Labute approximate surface area is 67.9 Å². The number of aldehydes is 1. The zero-order valence-electron chi connectivity index (χ0n) is 7.05. The second-order valence-corrected chi connectivity index (χ2v) is 2.97. The van der Waals surface area contributed by atoms with Gasteiger partial charge in [-0.25, -0.2) is 0 Å². The molecule has 0 spiro atoms. The number of carbonyl (C=O) groups excluding carboxylic acids is 1. The van der Waals surface area contributed by atoms with E-state index in [9.17, 15) is 9.90 Å². The van der Waals surface area contributed by atoms with Crippen molar-refractivity contribution < 1.29 is 9.90 Å². The number of unbranched alkanes of at least 4 members (excludes halogenated alkanes) is 2. The molecule has 0 saturated carbocycles. The summed E-state index contributed by atoms with van der Waals surface area (Å²) in [6.07, 6.45) is 5.44. The van der Waals surface area contributed by atoms with Crippen LogP contribution in [-0.4, -0.2) is 17.0 Å². The van der Waals surface area contributed by atoms with Crippen molar-refractivity contribution >= 4 is 6.29 Å². The van der Waals surface area contributed by atoms with Crippen LogP contribution in [0.5, 0.6) is 0 Å². The van der Waals surface area contributed by atoms with Crippen LogP contribution >= 0.6 is 0 Å². The van der Waals surface area contributed by atoms with E-state index in [2.05, 4.69) is 6.58 Å². The Kier molecular flexibility index (Phi) is 4.79. The minimum absolute atomic E-state index is 0.590. The van der Waals surface area contributed by atoms with Gasteiger partial charge in [0.1, 0.15) is 6.29 Å². The van der Waals surface area contributed by atoms with Gasteiger partial charge in [-0.05, 0) is 26.2 Å². The summed E-state index contributed by atoms with van der Waals surface area (Å²) < 4.78 is 0. The van der Waals surface area contributed by atoms with Gasteiger partial charge in [0.25, 0.3) is 0 Å². The lowest BCUT2D eigenvalue weighted by Crippen LogP contribution is -2.19. The molecule has 1 unspecified atom stereocenters. The molecule has 0 aliphatic rings. The fourth-order valence-corrected chi connectivity index (χ4v) is 0.813. The summed E-state index contributed by atoms with van der Waals surface area (Å²) in [6, 6.07) is 0. The quantitative estimate of drug-likeness (QED) is 0.361. The molecular formula is C9H16O2. The highest BCUT2D eigenvalue weighted by Crippen LogP contribution is 2.14. The Morgan fingerprint density at radius 1 is 1.55 bits per heavy atom. The van der Waals surface area contributed by atoms with Crippen LogP contribution in [0.15, 0.2) is 12.7 Å². The number of aliphatic hydroxyl groups is 1. The summed E-state index contributed by atoms with van der Waals surface area (Å²) in [4.78, 5) is 9.92. The molecule has 0 aromatic rings. The largest absolute Gasteiger partial charge is 0.386 e. The lowest BCUT2D eigenvalue weighted by molar-refractivity contribution is -0.108. The molecular weight excluding hydrogens is 140 g/mol. The second kappa shape index (κ2) is 5.08. The van der Waals surface area contributed by atoms with Crippen LogP contribution in [0, 0.1) is 0 Å². The Bertz CT molecular complexity index is 128. The molecule has 0 amide bonds. The van der Waals surface area contributed by atoms with Crippen LogP contribution < -0.4 is 0 Å². The molecule has 2 nitrogen and oxygen atoms in total. The third kappa shape index (κ3) is 5.80.